The molecule has 84 valence electrons. The molecule has 0 aliphatic rings. The van der Waals surface area contributed by atoms with Gasteiger partial charge in [0, 0.05) is 16.0 Å². The van der Waals surface area contributed by atoms with Gasteiger partial charge in [-0.15, -0.1) is 11.3 Å². The van der Waals surface area contributed by atoms with Gasteiger partial charge in [0.15, 0.2) is 0 Å². The molecule has 0 fully saturated rings. The summed E-state index contributed by atoms with van der Waals surface area (Å²) in [6.07, 6.45) is 0. The lowest BCUT2D eigenvalue weighted by molar-refractivity contribution is 0.834. The first-order valence-electron chi connectivity index (χ1n) is 4.99. The molecule has 0 amide bonds. The van der Waals surface area contributed by atoms with Gasteiger partial charge in [0.1, 0.15) is 5.01 Å². The minimum Gasteiger partial charge on any atom is -0.241 e. The molecule has 1 aromatic heterocycles. The van der Waals surface area contributed by atoms with Crippen molar-refractivity contribution in [2.45, 2.75) is 19.8 Å². The van der Waals surface area contributed by atoms with Gasteiger partial charge in [0.25, 0.3) is 0 Å². The number of hydrogen-bond donors (Lipinski definition) is 0. The van der Waals surface area contributed by atoms with Gasteiger partial charge in [-0.25, -0.2) is 4.98 Å². The van der Waals surface area contributed by atoms with Crippen molar-refractivity contribution < 1.29 is 0 Å². The molecule has 0 radical (unpaired) electrons. The fraction of sp³-hybridized carbons (Fsp3) is 0.250. The number of aromatic nitrogens is 1. The van der Waals surface area contributed by atoms with Gasteiger partial charge in [-0.2, -0.15) is 0 Å². The summed E-state index contributed by atoms with van der Waals surface area (Å²) in [5.74, 6) is 0.441. The Labute approximate surface area is 109 Å². The van der Waals surface area contributed by atoms with E-state index >= 15 is 0 Å². The zero-order valence-electron chi connectivity index (χ0n) is 9.00. The highest BCUT2D eigenvalue weighted by atomic mass is 35.5. The molecule has 0 atom stereocenters. The summed E-state index contributed by atoms with van der Waals surface area (Å²) in [7, 11) is 0. The van der Waals surface area contributed by atoms with Crippen LogP contribution in [0.1, 0.15) is 25.5 Å². The average molecular weight is 272 g/mol. The molecule has 0 saturated heterocycles. The van der Waals surface area contributed by atoms with Gasteiger partial charge in [-0.05, 0) is 24.1 Å². The molecule has 1 heterocycles. The number of rotatable bonds is 2. The van der Waals surface area contributed by atoms with Crippen molar-refractivity contribution in [3.63, 3.8) is 0 Å². The van der Waals surface area contributed by atoms with Crippen LogP contribution in [0.25, 0.3) is 10.6 Å². The number of benzene rings is 1. The van der Waals surface area contributed by atoms with Crippen molar-refractivity contribution in [3.05, 3.63) is 39.3 Å². The van der Waals surface area contributed by atoms with Gasteiger partial charge in [-0.3, -0.25) is 0 Å². The Balaban J connectivity index is 2.42. The zero-order valence-corrected chi connectivity index (χ0v) is 11.3. The Hall–Kier alpha value is -0.570. The molecule has 0 aliphatic heterocycles. The van der Waals surface area contributed by atoms with E-state index in [0.29, 0.717) is 16.0 Å². The van der Waals surface area contributed by atoms with Crippen LogP contribution < -0.4 is 0 Å². The predicted molar refractivity (Wildman–Crippen MR) is 71.7 cm³/mol. The van der Waals surface area contributed by atoms with Gasteiger partial charge in [0.05, 0.1) is 10.7 Å². The molecule has 0 unspecified atom stereocenters. The highest BCUT2D eigenvalue weighted by Crippen LogP contribution is 2.33. The van der Waals surface area contributed by atoms with E-state index in [0.717, 1.165) is 16.3 Å². The summed E-state index contributed by atoms with van der Waals surface area (Å²) < 4.78 is 0. The first-order chi connectivity index (χ1) is 7.58. The van der Waals surface area contributed by atoms with Crippen LogP contribution in [0, 0.1) is 0 Å². The smallest absolute Gasteiger partial charge is 0.125 e. The molecule has 0 bridgehead atoms. The summed E-state index contributed by atoms with van der Waals surface area (Å²) >= 11 is 13.6. The quantitative estimate of drug-likeness (QED) is 0.728. The average Bonchev–Trinajstić information content (AvgIpc) is 2.66. The Morgan fingerprint density at radius 1 is 1.25 bits per heavy atom. The summed E-state index contributed by atoms with van der Waals surface area (Å²) in [6, 6.07) is 5.49. The maximum Gasteiger partial charge on any atom is 0.125 e. The van der Waals surface area contributed by atoms with Gasteiger partial charge >= 0.3 is 0 Å². The van der Waals surface area contributed by atoms with E-state index in [1.807, 2.05) is 12.1 Å². The molecular formula is C12H11Cl2NS. The maximum atomic E-state index is 6.14. The van der Waals surface area contributed by atoms with Crippen molar-refractivity contribution in [1.82, 2.24) is 4.98 Å². The molecule has 1 aromatic carbocycles. The Morgan fingerprint density at radius 3 is 2.56 bits per heavy atom. The van der Waals surface area contributed by atoms with Gasteiger partial charge in [-0.1, -0.05) is 37.0 Å². The standard InChI is InChI=1S/C12H11Cl2NS/c1-7(2)11-6-16-12(15-11)9-4-3-8(13)5-10(9)14/h3-7H,1-2H3. The first kappa shape index (κ1) is 11.9. The minimum absolute atomic E-state index is 0.441. The molecule has 0 saturated carbocycles. The molecule has 2 aromatic rings. The van der Waals surface area contributed by atoms with Crippen molar-refractivity contribution in [1.29, 1.82) is 0 Å². The predicted octanol–water partition coefficient (Wildman–Crippen LogP) is 5.24. The number of hydrogen-bond acceptors (Lipinski definition) is 2. The zero-order chi connectivity index (χ0) is 11.7. The Kier molecular flexibility index (Phi) is 3.53. The third kappa shape index (κ3) is 2.40. The summed E-state index contributed by atoms with van der Waals surface area (Å²) in [6.45, 7) is 4.25. The van der Waals surface area contributed by atoms with Crippen molar-refractivity contribution >= 4 is 34.5 Å². The molecule has 2 rings (SSSR count). The van der Waals surface area contributed by atoms with E-state index in [2.05, 4.69) is 24.2 Å². The Bertz CT molecular complexity index is 505. The third-order valence-corrected chi connectivity index (χ3v) is 3.72. The van der Waals surface area contributed by atoms with Gasteiger partial charge < -0.3 is 0 Å². The lowest BCUT2D eigenvalue weighted by Crippen LogP contribution is -1.87. The topological polar surface area (TPSA) is 12.9 Å². The summed E-state index contributed by atoms with van der Waals surface area (Å²) in [4.78, 5) is 4.56. The number of halogens is 2. The number of nitrogens with zero attached hydrogens (tertiary/aromatic N) is 1. The summed E-state index contributed by atoms with van der Waals surface area (Å²) in [5.41, 5.74) is 2.05. The van der Waals surface area contributed by atoms with Crippen molar-refractivity contribution in [2.75, 3.05) is 0 Å². The molecule has 16 heavy (non-hydrogen) atoms. The van der Waals surface area contributed by atoms with Crippen molar-refractivity contribution in [3.8, 4) is 10.6 Å². The molecule has 0 N–H and O–H groups in total. The van der Waals surface area contributed by atoms with E-state index < -0.39 is 0 Å². The fourth-order valence-corrected chi connectivity index (χ4v) is 2.91. The SMILES string of the molecule is CC(C)c1csc(-c2ccc(Cl)cc2Cl)n1. The van der Waals surface area contributed by atoms with E-state index in [4.69, 9.17) is 23.2 Å². The lowest BCUT2D eigenvalue weighted by Gasteiger charge is -2.01. The lowest BCUT2D eigenvalue weighted by atomic mass is 10.1. The second-order valence-electron chi connectivity index (χ2n) is 3.86. The van der Waals surface area contributed by atoms with Crippen LogP contribution in [-0.4, -0.2) is 4.98 Å². The highest BCUT2D eigenvalue weighted by Gasteiger charge is 2.10. The summed E-state index contributed by atoms with van der Waals surface area (Å²) in [5, 5.41) is 4.32. The van der Waals surface area contributed by atoms with Gasteiger partial charge in [0.2, 0.25) is 0 Å². The van der Waals surface area contributed by atoms with E-state index in [1.165, 1.54) is 0 Å². The van der Waals surface area contributed by atoms with E-state index in [9.17, 15) is 0 Å². The van der Waals surface area contributed by atoms with Crippen LogP contribution in [0.5, 0.6) is 0 Å². The maximum absolute atomic E-state index is 6.14. The van der Waals surface area contributed by atoms with Crippen molar-refractivity contribution in [2.24, 2.45) is 0 Å². The first-order valence-corrected chi connectivity index (χ1v) is 6.62. The molecule has 1 nitrogen and oxygen atoms in total. The van der Waals surface area contributed by atoms with E-state index in [-0.39, 0.29) is 0 Å². The van der Waals surface area contributed by atoms with Crippen LogP contribution in [-0.2, 0) is 0 Å². The largest absolute Gasteiger partial charge is 0.241 e. The minimum atomic E-state index is 0.441. The van der Waals surface area contributed by atoms with Crippen LogP contribution in [0.3, 0.4) is 0 Å². The van der Waals surface area contributed by atoms with Crippen LogP contribution in [0.2, 0.25) is 10.0 Å². The normalized spacial score (nSPS) is 11.1. The fourth-order valence-electron chi connectivity index (χ4n) is 1.34. The molecule has 0 spiro atoms. The molecule has 0 aliphatic carbocycles. The third-order valence-electron chi connectivity index (χ3n) is 2.28. The second kappa shape index (κ2) is 4.74. The number of thiazole rings is 1. The van der Waals surface area contributed by atoms with E-state index in [1.54, 1.807) is 17.4 Å². The Morgan fingerprint density at radius 2 is 2.00 bits per heavy atom. The second-order valence-corrected chi connectivity index (χ2v) is 5.56. The highest BCUT2D eigenvalue weighted by molar-refractivity contribution is 7.13. The van der Waals surface area contributed by atoms with Crippen LogP contribution in [0.15, 0.2) is 23.6 Å². The molecular weight excluding hydrogens is 261 g/mol. The molecule has 4 heteroatoms. The monoisotopic (exact) mass is 271 g/mol. The van der Waals surface area contributed by atoms with Crippen LogP contribution >= 0.6 is 34.5 Å². The van der Waals surface area contributed by atoms with Crippen LogP contribution in [0.4, 0.5) is 0 Å².